The standard InChI is InChI=1S/C10H10O.H2S/c1-2-9-7-8-5-3-4-6-10(8)11-9;/h3-7H,2H2,1H3;1H2. The van der Waals surface area contributed by atoms with Crippen molar-refractivity contribution in [2.75, 3.05) is 0 Å². The SMILES string of the molecule is CCc1cc2ccccc2o1.S. The molecule has 0 saturated carbocycles. The molecule has 0 aliphatic rings. The normalized spacial score (nSPS) is 9.75. The van der Waals surface area contributed by atoms with Crippen molar-refractivity contribution >= 4 is 24.5 Å². The van der Waals surface area contributed by atoms with Crippen LogP contribution in [0, 0.1) is 0 Å². The monoisotopic (exact) mass is 180 g/mol. The Bertz CT molecular complexity index is 332. The fourth-order valence-electron chi connectivity index (χ4n) is 1.21. The van der Waals surface area contributed by atoms with Crippen LogP contribution in [0.1, 0.15) is 12.7 Å². The van der Waals surface area contributed by atoms with Crippen LogP contribution < -0.4 is 0 Å². The molecule has 0 aliphatic heterocycles. The molecule has 0 spiro atoms. The Kier molecular flexibility index (Phi) is 2.82. The minimum Gasteiger partial charge on any atom is -0.461 e. The lowest BCUT2D eigenvalue weighted by Crippen LogP contribution is -1.67. The summed E-state index contributed by atoms with van der Waals surface area (Å²) < 4.78 is 5.52. The van der Waals surface area contributed by atoms with Crippen molar-refractivity contribution in [2.24, 2.45) is 0 Å². The first-order valence-electron chi connectivity index (χ1n) is 3.87. The van der Waals surface area contributed by atoms with E-state index in [1.54, 1.807) is 0 Å². The van der Waals surface area contributed by atoms with Crippen LogP contribution in [0.4, 0.5) is 0 Å². The summed E-state index contributed by atoms with van der Waals surface area (Å²) in [5.74, 6) is 1.06. The van der Waals surface area contributed by atoms with E-state index in [0.29, 0.717) is 0 Å². The number of rotatable bonds is 1. The molecule has 1 nitrogen and oxygen atoms in total. The third-order valence-electron chi connectivity index (χ3n) is 1.83. The third-order valence-corrected chi connectivity index (χ3v) is 1.83. The van der Waals surface area contributed by atoms with Gasteiger partial charge in [0.1, 0.15) is 11.3 Å². The van der Waals surface area contributed by atoms with Crippen molar-refractivity contribution in [1.29, 1.82) is 0 Å². The van der Waals surface area contributed by atoms with Crippen molar-refractivity contribution in [3.05, 3.63) is 36.1 Å². The van der Waals surface area contributed by atoms with Gasteiger partial charge in [-0.2, -0.15) is 13.5 Å². The van der Waals surface area contributed by atoms with Gasteiger partial charge in [0.2, 0.25) is 0 Å². The van der Waals surface area contributed by atoms with Crippen molar-refractivity contribution in [3.63, 3.8) is 0 Å². The Labute approximate surface area is 78.8 Å². The Morgan fingerprint density at radius 2 is 2.00 bits per heavy atom. The molecule has 64 valence electrons. The molecule has 12 heavy (non-hydrogen) atoms. The number of fused-ring (bicyclic) bond motifs is 1. The van der Waals surface area contributed by atoms with Crippen molar-refractivity contribution in [1.82, 2.24) is 0 Å². The Morgan fingerprint density at radius 1 is 1.25 bits per heavy atom. The van der Waals surface area contributed by atoms with Crippen molar-refractivity contribution in [3.8, 4) is 0 Å². The molecular weight excluding hydrogens is 168 g/mol. The van der Waals surface area contributed by atoms with Gasteiger partial charge in [0, 0.05) is 11.8 Å². The van der Waals surface area contributed by atoms with E-state index in [0.717, 1.165) is 17.8 Å². The molecule has 0 aliphatic carbocycles. The summed E-state index contributed by atoms with van der Waals surface area (Å²) in [6, 6.07) is 10.2. The van der Waals surface area contributed by atoms with Crippen LogP contribution in [0.15, 0.2) is 34.7 Å². The van der Waals surface area contributed by atoms with Crippen LogP contribution in [-0.2, 0) is 6.42 Å². The first-order valence-corrected chi connectivity index (χ1v) is 3.87. The molecule has 0 fully saturated rings. The van der Waals surface area contributed by atoms with E-state index in [2.05, 4.69) is 19.1 Å². The van der Waals surface area contributed by atoms with Crippen molar-refractivity contribution < 1.29 is 4.42 Å². The number of para-hydroxylation sites is 1. The fourth-order valence-corrected chi connectivity index (χ4v) is 1.21. The molecule has 2 heteroatoms. The van der Waals surface area contributed by atoms with Gasteiger partial charge in [-0.05, 0) is 12.1 Å². The highest BCUT2D eigenvalue weighted by Gasteiger charge is 1.98. The summed E-state index contributed by atoms with van der Waals surface area (Å²) in [7, 11) is 0. The second-order valence-corrected chi connectivity index (χ2v) is 2.60. The van der Waals surface area contributed by atoms with Gasteiger partial charge >= 0.3 is 0 Å². The lowest BCUT2D eigenvalue weighted by atomic mass is 10.2. The Morgan fingerprint density at radius 3 is 2.67 bits per heavy atom. The van der Waals surface area contributed by atoms with Gasteiger partial charge in [-0.25, -0.2) is 0 Å². The number of aryl methyl sites for hydroxylation is 1. The predicted molar refractivity (Wildman–Crippen MR) is 56.0 cm³/mol. The maximum absolute atomic E-state index is 5.52. The zero-order chi connectivity index (χ0) is 7.68. The van der Waals surface area contributed by atoms with Gasteiger partial charge in [-0.3, -0.25) is 0 Å². The number of benzene rings is 1. The largest absolute Gasteiger partial charge is 0.461 e. The second kappa shape index (κ2) is 3.68. The van der Waals surface area contributed by atoms with Crippen LogP contribution >= 0.6 is 13.5 Å². The van der Waals surface area contributed by atoms with E-state index >= 15 is 0 Å². The molecule has 0 amide bonds. The van der Waals surface area contributed by atoms with Gasteiger partial charge in [0.25, 0.3) is 0 Å². The van der Waals surface area contributed by atoms with Crippen LogP contribution in [0.5, 0.6) is 0 Å². The highest BCUT2D eigenvalue weighted by atomic mass is 32.1. The van der Waals surface area contributed by atoms with Crippen LogP contribution in [0.3, 0.4) is 0 Å². The first kappa shape index (κ1) is 9.20. The summed E-state index contributed by atoms with van der Waals surface area (Å²) >= 11 is 0. The molecule has 0 unspecified atom stereocenters. The zero-order valence-corrected chi connectivity index (χ0v) is 8.00. The van der Waals surface area contributed by atoms with Crippen molar-refractivity contribution in [2.45, 2.75) is 13.3 Å². The van der Waals surface area contributed by atoms with E-state index in [9.17, 15) is 0 Å². The van der Waals surface area contributed by atoms with Gasteiger partial charge in [-0.1, -0.05) is 25.1 Å². The van der Waals surface area contributed by atoms with Crippen LogP contribution in [0.25, 0.3) is 11.0 Å². The summed E-state index contributed by atoms with van der Waals surface area (Å²) in [4.78, 5) is 0. The number of hydrogen-bond donors (Lipinski definition) is 0. The third kappa shape index (κ3) is 1.48. The molecule has 2 rings (SSSR count). The molecule has 0 radical (unpaired) electrons. The quantitative estimate of drug-likeness (QED) is 0.657. The Balaban J connectivity index is 0.000000720. The number of furan rings is 1. The molecular formula is C10H12OS. The first-order chi connectivity index (χ1) is 5.40. The summed E-state index contributed by atoms with van der Waals surface area (Å²) in [5.41, 5.74) is 0.990. The molecule has 1 aromatic heterocycles. The maximum atomic E-state index is 5.52. The maximum Gasteiger partial charge on any atom is 0.134 e. The average molecular weight is 180 g/mol. The number of hydrogen-bond acceptors (Lipinski definition) is 1. The predicted octanol–water partition coefficient (Wildman–Crippen LogP) is 3.11. The molecule has 0 bridgehead atoms. The highest BCUT2D eigenvalue weighted by Crippen LogP contribution is 2.18. The molecule has 2 aromatic rings. The molecule has 1 aromatic carbocycles. The summed E-state index contributed by atoms with van der Waals surface area (Å²) in [6.07, 6.45) is 0.967. The van der Waals surface area contributed by atoms with E-state index in [1.165, 1.54) is 5.39 Å². The van der Waals surface area contributed by atoms with Gasteiger partial charge < -0.3 is 4.42 Å². The lowest BCUT2D eigenvalue weighted by molar-refractivity contribution is 0.557. The highest BCUT2D eigenvalue weighted by molar-refractivity contribution is 7.59. The van der Waals surface area contributed by atoms with E-state index in [-0.39, 0.29) is 13.5 Å². The minimum atomic E-state index is 0. The Hall–Kier alpha value is -0.890. The van der Waals surface area contributed by atoms with Gasteiger partial charge in [-0.15, -0.1) is 0 Å². The van der Waals surface area contributed by atoms with E-state index in [1.807, 2.05) is 18.2 Å². The second-order valence-electron chi connectivity index (χ2n) is 2.60. The van der Waals surface area contributed by atoms with E-state index < -0.39 is 0 Å². The topological polar surface area (TPSA) is 13.1 Å². The minimum absolute atomic E-state index is 0. The molecule has 0 atom stereocenters. The smallest absolute Gasteiger partial charge is 0.134 e. The zero-order valence-electron chi connectivity index (χ0n) is 7.00. The fraction of sp³-hybridized carbons (Fsp3) is 0.200. The van der Waals surface area contributed by atoms with Gasteiger partial charge in [0.15, 0.2) is 0 Å². The molecule has 0 saturated heterocycles. The van der Waals surface area contributed by atoms with Crippen LogP contribution in [-0.4, -0.2) is 0 Å². The molecule has 0 N–H and O–H groups in total. The summed E-state index contributed by atoms with van der Waals surface area (Å²) in [5, 5.41) is 1.20. The van der Waals surface area contributed by atoms with Crippen LogP contribution in [0.2, 0.25) is 0 Å². The van der Waals surface area contributed by atoms with Gasteiger partial charge in [0.05, 0.1) is 0 Å². The molecule has 1 heterocycles. The lowest BCUT2D eigenvalue weighted by Gasteiger charge is -1.83. The van der Waals surface area contributed by atoms with E-state index in [4.69, 9.17) is 4.42 Å². The summed E-state index contributed by atoms with van der Waals surface area (Å²) in [6.45, 7) is 2.09. The average Bonchev–Trinajstić information content (AvgIpc) is 2.46.